The van der Waals surface area contributed by atoms with Crippen LogP contribution in [0.2, 0.25) is 0 Å². The average Bonchev–Trinajstić information content (AvgIpc) is 2.65. The first kappa shape index (κ1) is 24.8. The van der Waals surface area contributed by atoms with E-state index in [1.54, 1.807) is 21.3 Å². The Morgan fingerprint density at radius 3 is 1.52 bits per heavy atom. The zero-order valence-corrected chi connectivity index (χ0v) is 17.9. The second kappa shape index (κ2) is 16.0. The van der Waals surface area contributed by atoms with Crippen LogP contribution in [0.15, 0.2) is 0 Å². The molecule has 0 aliphatic heterocycles. The lowest BCUT2D eigenvalue weighted by Gasteiger charge is -2.43. The van der Waals surface area contributed by atoms with Crippen LogP contribution in [0.1, 0.15) is 91.4 Å². The molecule has 0 radical (unpaired) electrons. The van der Waals surface area contributed by atoms with Crippen molar-refractivity contribution in [3.63, 3.8) is 0 Å². The molecular weight excluding hydrogens is 314 g/mol. The molecule has 1 atom stereocenters. The molecule has 1 unspecified atom stereocenters. The Kier molecular flexibility index (Phi) is 15.9. The Morgan fingerprint density at radius 1 is 0.640 bits per heavy atom. The summed E-state index contributed by atoms with van der Waals surface area (Å²) < 4.78 is 17.2. The van der Waals surface area contributed by atoms with Crippen LogP contribution >= 0.6 is 0 Å². The minimum Gasteiger partial charge on any atom is -0.330 e. The average molecular weight is 360 g/mol. The summed E-state index contributed by atoms with van der Waals surface area (Å²) >= 11 is 0. The van der Waals surface area contributed by atoms with Gasteiger partial charge in [-0.15, -0.1) is 0 Å². The molecule has 0 N–H and O–H groups in total. The molecule has 0 saturated carbocycles. The van der Waals surface area contributed by atoms with Crippen molar-refractivity contribution >= 4 is 0 Å². The lowest BCUT2D eigenvalue weighted by molar-refractivity contribution is -0.378. The molecule has 0 saturated heterocycles. The highest BCUT2D eigenvalue weighted by Gasteiger charge is 2.43. The van der Waals surface area contributed by atoms with Gasteiger partial charge in [-0.1, -0.05) is 72.1 Å². The Morgan fingerprint density at radius 2 is 1.08 bits per heavy atom. The molecule has 0 aromatic carbocycles. The minimum absolute atomic E-state index is 0.136. The molecule has 0 amide bonds. The third kappa shape index (κ3) is 9.37. The van der Waals surface area contributed by atoms with Gasteiger partial charge in [0.25, 0.3) is 5.97 Å². The lowest BCUT2D eigenvalue weighted by atomic mass is 10.0. The highest BCUT2D eigenvalue weighted by atomic mass is 16.9. The van der Waals surface area contributed by atoms with Crippen molar-refractivity contribution in [3.8, 4) is 0 Å². The molecule has 0 aromatic rings. The Bertz CT molecular complexity index is 266. The third-order valence-electron chi connectivity index (χ3n) is 5.13. The van der Waals surface area contributed by atoms with Crippen molar-refractivity contribution < 1.29 is 14.2 Å². The van der Waals surface area contributed by atoms with E-state index in [1.165, 1.54) is 64.2 Å². The van der Waals surface area contributed by atoms with Crippen LogP contribution in [0.4, 0.5) is 0 Å². The van der Waals surface area contributed by atoms with Crippen LogP contribution in [0.3, 0.4) is 0 Å². The SMILES string of the molecule is CCCCCCCCC(N(CCCC)CCCC)C(OC)(OC)OC. The zero-order chi connectivity index (χ0) is 19.0. The van der Waals surface area contributed by atoms with Crippen LogP contribution < -0.4 is 0 Å². The molecule has 0 aliphatic carbocycles. The summed E-state index contributed by atoms with van der Waals surface area (Å²) in [6, 6.07) is 0.136. The molecular formula is C21H45NO3. The monoisotopic (exact) mass is 359 g/mol. The fourth-order valence-electron chi connectivity index (χ4n) is 3.50. The molecule has 0 aliphatic rings. The molecule has 0 bridgehead atoms. The van der Waals surface area contributed by atoms with E-state index >= 15 is 0 Å². The Balaban J connectivity index is 4.98. The quantitative estimate of drug-likeness (QED) is 0.235. The van der Waals surface area contributed by atoms with Crippen LogP contribution in [-0.4, -0.2) is 51.3 Å². The van der Waals surface area contributed by atoms with E-state index in [9.17, 15) is 0 Å². The molecule has 4 nitrogen and oxygen atoms in total. The molecule has 0 spiro atoms. The summed E-state index contributed by atoms with van der Waals surface area (Å²) in [7, 11) is 5.08. The van der Waals surface area contributed by atoms with Gasteiger partial charge in [0.1, 0.15) is 0 Å². The van der Waals surface area contributed by atoms with E-state index < -0.39 is 5.97 Å². The fourth-order valence-corrected chi connectivity index (χ4v) is 3.50. The molecule has 0 rings (SSSR count). The second-order valence-corrected chi connectivity index (χ2v) is 7.03. The standard InChI is InChI=1S/C21H45NO3/c1-7-10-13-14-15-16-17-20(21(23-4,24-5)25-6)22(18-11-8-2)19-12-9-3/h20H,7-19H2,1-6H3. The van der Waals surface area contributed by atoms with Crippen LogP contribution in [0.25, 0.3) is 0 Å². The highest BCUT2D eigenvalue weighted by molar-refractivity contribution is 4.81. The number of methoxy groups -OCH3 is 3. The van der Waals surface area contributed by atoms with Gasteiger partial charge in [0.2, 0.25) is 0 Å². The molecule has 152 valence electrons. The van der Waals surface area contributed by atoms with Gasteiger partial charge in [-0.3, -0.25) is 4.90 Å². The number of hydrogen-bond acceptors (Lipinski definition) is 4. The number of hydrogen-bond donors (Lipinski definition) is 0. The molecule has 0 aromatic heterocycles. The number of ether oxygens (including phenoxy) is 3. The van der Waals surface area contributed by atoms with Gasteiger partial charge >= 0.3 is 0 Å². The van der Waals surface area contributed by atoms with Gasteiger partial charge in [0.05, 0.1) is 6.04 Å². The molecule has 0 fully saturated rings. The lowest BCUT2D eigenvalue weighted by Crippen LogP contribution is -2.56. The predicted molar refractivity (Wildman–Crippen MR) is 107 cm³/mol. The van der Waals surface area contributed by atoms with Crippen molar-refractivity contribution in [2.45, 2.75) is 103 Å². The molecule has 4 heteroatoms. The summed E-state index contributed by atoms with van der Waals surface area (Å²) in [6.45, 7) is 8.91. The maximum absolute atomic E-state index is 5.75. The van der Waals surface area contributed by atoms with Gasteiger partial charge < -0.3 is 14.2 Å². The summed E-state index contributed by atoms with van der Waals surface area (Å²) in [4.78, 5) is 2.54. The van der Waals surface area contributed by atoms with E-state index in [-0.39, 0.29) is 6.04 Å². The summed E-state index contributed by atoms with van der Waals surface area (Å²) in [6.07, 6.45) is 13.6. The second-order valence-electron chi connectivity index (χ2n) is 7.03. The smallest absolute Gasteiger partial charge is 0.298 e. The van der Waals surface area contributed by atoms with Crippen molar-refractivity contribution in [1.29, 1.82) is 0 Å². The van der Waals surface area contributed by atoms with Gasteiger partial charge in [0.15, 0.2) is 0 Å². The minimum atomic E-state index is -0.967. The zero-order valence-electron chi connectivity index (χ0n) is 17.9. The number of unbranched alkanes of at least 4 members (excludes halogenated alkanes) is 7. The van der Waals surface area contributed by atoms with Crippen LogP contribution in [0.5, 0.6) is 0 Å². The van der Waals surface area contributed by atoms with E-state index in [0.717, 1.165) is 19.5 Å². The van der Waals surface area contributed by atoms with E-state index in [1.807, 2.05) is 0 Å². The van der Waals surface area contributed by atoms with Crippen molar-refractivity contribution in [2.24, 2.45) is 0 Å². The van der Waals surface area contributed by atoms with E-state index in [0.29, 0.717) is 0 Å². The fraction of sp³-hybridized carbons (Fsp3) is 1.00. The molecule has 25 heavy (non-hydrogen) atoms. The summed E-state index contributed by atoms with van der Waals surface area (Å²) in [5, 5.41) is 0. The molecule has 0 heterocycles. The first-order chi connectivity index (χ1) is 12.2. The predicted octanol–water partition coefficient (Wildman–Crippen LogP) is 5.60. The van der Waals surface area contributed by atoms with Gasteiger partial charge in [0, 0.05) is 21.3 Å². The van der Waals surface area contributed by atoms with E-state index in [4.69, 9.17) is 14.2 Å². The van der Waals surface area contributed by atoms with Gasteiger partial charge in [-0.05, 0) is 32.4 Å². The summed E-state index contributed by atoms with van der Waals surface area (Å²) in [5.41, 5.74) is 0. The third-order valence-corrected chi connectivity index (χ3v) is 5.13. The van der Waals surface area contributed by atoms with Gasteiger partial charge in [-0.25, -0.2) is 0 Å². The first-order valence-electron chi connectivity index (χ1n) is 10.5. The van der Waals surface area contributed by atoms with Crippen molar-refractivity contribution in [1.82, 2.24) is 4.90 Å². The Hall–Kier alpha value is -0.160. The Labute approximate surface area is 157 Å². The van der Waals surface area contributed by atoms with Crippen molar-refractivity contribution in [3.05, 3.63) is 0 Å². The van der Waals surface area contributed by atoms with Gasteiger partial charge in [-0.2, -0.15) is 0 Å². The number of rotatable bonds is 18. The maximum Gasteiger partial charge on any atom is 0.298 e. The first-order valence-corrected chi connectivity index (χ1v) is 10.5. The van der Waals surface area contributed by atoms with Crippen LogP contribution in [-0.2, 0) is 14.2 Å². The normalized spacial score (nSPS) is 13.6. The largest absolute Gasteiger partial charge is 0.330 e. The maximum atomic E-state index is 5.75. The topological polar surface area (TPSA) is 30.9 Å². The van der Waals surface area contributed by atoms with Crippen molar-refractivity contribution in [2.75, 3.05) is 34.4 Å². The van der Waals surface area contributed by atoms with E-state index in [2.05, 4.69) is 25.7 Å². The summed E-state index contributed by atoms with van der Waals surface area (Å²) in [5.74, 6) is -0.967. The highest BCUT2D eigenvalue weighted by Crippen LogP contribution is 2.28. The van der Waals surface area contributed by atoms with Crippen LogP contribution in [0, 0.1) is 0 Å². The number of nitrogens with zero attached hydrogens (tertiary/aromatic N) is 1.